The lowest BCUT2D eigenvalue weighted by Crippen LogP contribution is -1.99. The lowest BCUT2D eigenvalue weighted by atomic mass is 9.92. The van der Waals surface area contributed by atoms with E-state index in [1.54, 1.807) is 0 Å². The van der Waals surface area contributed by atoms with E-state index in [9.17, 15) is 0 Å². The van der Waals surface area contributed by atoms with Gasteiger partial charge in [0, 0.05) is 33.3 Å². The largest absolute Gasteiger partial charge is 0.309 e. The number of rotatable bonds is 9. The van der Waals surface area contributed by atoms with Gasteiger partial charge in [-0.1, -0.05) is 231 Å². The molecule has 2 nitrogen and oxygen atoms in total. The molecule has 0 fully saturated rings. The van der Waals surface area contributed by atoms with Crippen LogP contribution in [0.4, 0.5) is 0 Å². The molecule has 0 amide bonds. The minimum Gasteiger partial charge on any atom is -0.309 e. The van der Waals surface area contributed by atoms with Crippen molar-refractivity contribution in [3.63, 3.8) is 0 Å². The van der Waals surface area contributed by atoms with Crippen molar-refractivity contribution in [3.05, 3.63) is 267 Å². The van der Waals surface area contributed by atoms with Crippen LogP contribution in [0.25, 0.3) is 111 Å². The Labute approximate surface area is 385 Å². The summed E-state index contributed by atoms with van der Waals surface area (Å²) in [5.41, 5.74) is 21.2. The molecule has 0 N–H and O–H groups in total. The highest BCUT2D eigenvalue weighted by Crippen LogP contribution is 2.51. The van der Waals surface area contributed by atoms with Crippen LogP contribution in [0.5, 0.6) is 0 Å². The molecule has 2 aromatic heterocycles. The number of hydrogen-bond donors (Lipinski definition) is 0. The van der Waals surface area contributed by atoms with Crippen LogP contribution >= 0.6 is 0 Å². The van der Waals surface area contributed by atoms with Crippen molar-refractivity contribution in [2.24, 2.45) is 0 Å². The number of fused-ring (bicyclic) bond motifs is 2. The van der Waals surface area contributed by atoms with E-state index in [0.29, 0.717) is 0 Å². The predicted octanol–water partition coefficient (Wildman–Crippen LogP) is 17.2. The zero-order valence-electron chi connectivity index (χ0n) is 36.3. The van der Waals surface area contributed by atoms with E-state index in [1.807, 2.05) is 0 Å². The zero-order chi connectivity index (χ0) is 43.8. The molecular weight excluding hydrogens is 797 g/mol. The van der Waals surface area contributed by atoms with Crippen LogP contribution in [0.2, 0.25) is 0 Å². The summed E-state index contributed by atoms with van der Waals surface area (Å²) in [5, 5.41) is 2.40. The Bertz CT molecular complexity index is 3600. The second-order valence-corrected chi connectivity index (χ2v) is 16.9. The Kier molecular flexibility index (Phi) is 9.89. The first-order valence-electron chi connectivity index (χ1n) is 22.7. The first-order valence-corrected chi connectivity index (χ1v) is 22.7. The topological polar surface area (TPSA) is 9.86 Å². The van der Waals surface area contributed by atoms with E-state index < -0.39 is 0 Å². The molecule has 0 saturated heterocycles. The quantitative estimate of drug-likeness (QED) is 0.137. The van der Waals surface area contributed by atoms with Gasteiger partial charge in [-0.05, 0) is 92.0 Å². The monoisotopic (exact) mass is 840 g/mol. The van der Waals surface area contributed by atoms with Crippen molar-refractivity contribution in [2.45, 2.75) is 0 Å². The van der Waals surface area contributed by atoms with Crippen LogP contribution in [-0.2, 0) is 0 Å². The third-order valence-electron chi connectivity index (χ3n) is 13.0. The standard InChI is InChI=1S/C64H44N2/c1-5-17-45(18-6-1)47-29-33-49(34-30-47)51-37-39-54(40-38-51)64-62(61-57-25-13-15-27-59(57)65(55-23-11-4-12-24-55)63(61)53-21-9-3-10-22-53)58-26-14-16-28-60(58)66(64)56-43-41-52(42-44-56)50-35-31-48(32-36-50)46-19-7-2-8-20-46/h1-44H. The summed E-state index contributed by atoms with van der Waals surface area (Å²) >= 11 is 0. The molecule has 0 aliphatic rings. The Morgan fingerprint density at radius 3 is 0.803 bits per heavy atom. The number of hydrogen-bond acceptors (Lipinski definition) is 0. The Balaban J connectivity index is 1.08. The lowest BCUT2D eigenvalue weighted by Gasteiger charge is -2.16. The van der Waals surface area contributed by atoms with Crippen molar-refractivity contribution >= 4 is 21.8 Å². The molecular formula is C64H44N2. The fourth-order valence-electron chi connectivity index (χ4n) is 9.84. The molecule has 12 aromatic rings. The molecule has 66 heavy (non-hydrogen) atoms. The van der Waals surface area contributed by atoms with Crippen molar-refractivity contribution in [1.82, 2.24) is 9.13 Å². The van der Waals surface area contributed by atoms with E-state index in [1.165, 1.54) is 66.4 Å². The highest BCUT2D eigenvalue weighted by Gasteiger charge is 2.28. The van der Waals surface area contributed by atoms with Crippen molar-refractivity contribution in [1.29, 1.82) is 0 Å². The molecule has 310 valence electrons. The highest BCUT2D eigenvalue weighted by molar-refractivity contribution is 6.16. The minimum atomic E-state index is 1.10. The van der Waals surface area contributed by atoms with Gasteiger partial charge < -0.3 is 9.13 Å². The highest BCUT2D eigenvalue weighted by atomic mass is 15.0. The molecule has 0 unspecified atom stereocenters. The second kappa shape index (κ2) is 16.8. The number of benzene rings is 10. The van der Waals surface area contributed by atoms with Gasteiger partial charge in [0.1, 0.15) is 0 Å². The second-order valence-electron chi connectivity index (χ2n) is 16.9. The fraction of sp³-hybridized carbons (Fsp3) is 0. The number of nitrogens with zero attached hydrogens (tertiary/aromatic N) is 2. The van der Waals surface area contributed by atoms with E-state index in [2.05, 4.69) is 276 Å². The minimum absolute atomic E-state index is 1.10. The Hall–Kier alpha value is -8.72. The predicted molar refractivity (Wildman–Crippen MR) is 278 cm³/mol. The van der Waals surface area contributed by atoms with Crippen LogP contribution < -0.4 is 0 Å². The molecule has 2 heteroatoms. The van der Waals surface area contributed by atoms with Gasteiger partial charge in [0.2, 0.25) is 0 Å². The van der Waals surface area contributed by atoms with Gasteiger partial charge in [-0.2, -0.15) is 0 Å². The summed E-state index contributed by atoms with van der Waals surface area (Å²) in [6.07, 6.45) is 0. The van der Waals surface area contributed by atoms with Crippen LogP contribution in [0.3, 0.4) is 0 Å². The maximum atomic E-state index is 2.49. The van der Waals surface area contributed by atoms with Gasteiger partial charge in [-0.25, -0.2) is 0 Å². The normalized spacial score (nSPS) is 11.3. The summed E-state index contributed by atoms with van der Waals surface area (Å²) < 4.78 is 4.94. The molecule has 0 aliphatic heterocycles. The molecule has 10 aromatic carbocycles. The zero-order valence-corrected chi connectivity index (χ0v) is 36.3. The van der Waals surface area contributed by atoms with Crippen LogP contribution in [0.1, 0.15) is 0 Å². The Morgan fingerprint density at radius 2 is 0.424 bits per heavy atom. The Morgan fingerprint density at radius 1 is 0.182 bits per heavy atom. The summed E-state index contributed by atoms with van der Waals surface area (Å²) in [5.74, 6) is 0. The first-order chi connectivity index (χ1) is 32.8. The SMILES string of the molecule is c1ccc(-c2ccc(-c3ccc(-c4c(-c5c(-c6ccccc6)n(-c6ccccc6)c6ccccc56)c5ccccc5n4-c4ccc(-c5ccc(-c6ccccc6)cc5)cc4)cc3)cc2)cc1. The number of aromatic nitrogens is 2. The van der Waals surface area contributed by atoms with Gasteiger partial charge in [0.25, 0.3) is 0 Å². The van der Waals surface area contributed by atoms with Crippen LogP contribution in [0.15, 0.2) is 267 Å². The van der Waals surface area contributed by atoms with Gasteiger partial charge in [-0.15, -0.1) is 0 Å². The maximum absolute atomic E-state index is 2.49. The van der Waals surface area contributed by atoms with E-state index in [4.69, 9.17) is 0 Å². The molecule has 12 rings (SSSR count). The molecule has 0 bridgehead atoms. The van der Waals surface area contributed by atoms with Crippen LogP contribution in [-0.4, -0.2) is 9.13 Å². The smallest absolute Gasteiger partial charge is 0.0620 e. The first kappa shape index (κ1) is 38.9. The molecule has 0 atom stereocenters. The van der Waals surface area contributed by atoms with Crippen molar-refractivity contribution in [2.75, 3.05) is 0 Å². The van der Waals surface area contributed by atoms with Crippen molar-refractivity contribution < 1.29 is 0 Å². The molecule has 0 spiro atoms. The fourth-order valence-corrected chi connectivity index (χ4v) is 9.84. The van der Waals surface area contributed by atoms with Gasteiger partial charge in [0.15, 0.2) is 0 Å². The summed E-state index contributed by atoms with van der Waals surface area (Å²) in [6.45, 7) is 0. The van der Waals surface area contributed by atoms with E-state index >= 15 is 0 Å². The molecule has 0 radical (unpaired) electrons. The summed E-state index contributed by atoms with van der Waals surface area (Å²) in [6, 6.07) is 96.8. The summed E-state index contributed by atoms with van der Waals surface area (Å²) in [4.78, 5) is 0. The summed E-state index contributed by atoms with van der Waals surface area (Å²) in [7, 11) is 0. The van der Waals surface area contributed by atoms with E-state index in [0.717, 1.165) is 44.9 Å². The average Bonchev–Trinajstić information content (AvgIpc) is 3.93. The molecule has 0 aliphatic carbocycles. The van der Waals surface area contributed by atoms with Crippen LogP contribution in [0, 0.1) is 0 Å². The van der Waals surface area contributed by atoms with E-state index in [-0.39, 0.29) is 0 Å². The molecule has 0 saturated carbocycles. The number of para-hydroxylation sites is 3. The lowest BCUT2D eigenvalue weighted by molar-refractivity contribution is 1.13. The third-order valence-corrected chi connectivity index (χ3v) is 13.0. The average molecular weight is 841 g/mol. The van der Waals surface area contributed by atoms with Gasteiger partial charge in [-0.3, -0.25) is 0 Å². The van der Waals surface area contributed by atoms with Gasteiger partial charge >= 0.3 is 0 Å². The van der Waals surface area contributed by atoms with Crippen molar-refractivity contribution in [3.8, 4) is 89.5 Å². The maximum Gasteiger partial charge on any atom is 0.0620 e. The molecule has 2 heterocycles. The van der Waals surface area contributed by atoms with Gasteiger partial charge in [0.05, 0.1) is 22.4 Å². The third kappa shape index (κ3) is 6.93.